The Bertz CT molecular complexity index is 671. The second-order valence-corrected chi connectivity index (χ2v) is 5.45. The third kappa shape index (κ3) is 4.64. The fourth-order valence-electron chi connectivity index (χ4n) is 2.73. The highest BCUT2D eigenvalue weighted by Crippen LogP contribution is 2.25. The van der Waals surface area contributed by atoms with E-state index in [1.807, 2.05) is 21.5 Å². The van der Waals surface area contributed by atoms with E-state index in [0.29, 0.717) is 11.9 Å². The molecule has 0 unspecified atom stereocenters. The van der Waals surface area contributed by atoms with Crippen LogP contribution in [0.4, 0.5) is 11.9 Å². The molecule has 0 fully saturated rings. The Morgan fingerprint density at radius 3 is 1.84 bits per heavy atom. The Balaban J connectivity index is 0.00000156. The molecule has 5 N–H and O–H groups in total. The summed E-state index contributed by atoms with van der Waals surface area (Å²) in [6.07, 6.45) is 11.7. The molecule has 2 aromatic heterocycles. The highest BCUT2D eigenvalue weighted by Gasteiger charge is 2.24. The van der Waals surface area contributed by atoms with Gasteiger partial charge in [-0.3, -0.25) is 5.41 Å². The van der Waals surface area contributed by atoms with Gasteiger partial charge in [-0.25, -0.2) is 14.9 Å². The fraction of sp³-hybridized carbons (Fsp3) is 0.429. The van der Waals surface area contributed by atoms with Gasteiger partial charge in [-0.1, -0.05) is 12.8 Å². The summed E-state index contributed by atoms with van der Waals surface area (Å²) in [5, 5.41) is 8.27. The number of hydrogen-bond donors (Lipinski definition) is 3. The smallest absolute Gasteiger partial charge is 0.235 e. The summed E-state index contributed by atoms with van der Waals surface area (Å²) in [5.74, 6) is 0.911. The van der Waals surface area contributed by atoms with E-state index in [-0.39, 0.29) is 36.7 Å². The van der Waals surface area contributed by atoms with Gasteiger partial charge >= 0.3 is 0 Å². The standard InChI is InChI=1S/C14H21N9.2ClH/c15-11(16)20-12(17)23-13-18-5-9-21(13)7-3-1-2-4-8-22-10-6-19-14(22)23;;/h5-6,9-10H,1-4,7-8H2,(H5,15,16,17,20);2*1H. The zero-order valence-corrected chi connectivity index (χ0v) is 15.3. The average Bonchev–Trinajstić information content (AvgIpc) is 3.12. The zero-order chi connectivity index (χ0) is 16.2. The van der Waals surface area contributed by atoms with Gasteiger partial charge in [0, 0.05) is 37.9 Å². The van der Waals surface area contributed by atoms with Crippen molar-refractivity contribution < 1.29 is 0 Å². The summed E-state index contributed by atoms with van der Waals surface area (Å²) >= 11 is 0. The van der Waals surface area contributed by atoms with Crippen molar-refractivity contribution in [3.63, 3.8) is 0 Å². The van der Waals surface area contributed by atoms with Crippen molar-refractivity contribution in [2.45, 2.75) is 38.8 Å². The van der Waals surface area contributed by atoms with Crippen LogP contribution >= 0.6 is 24.8 Å². The molecule has 0 aliphatic carbocycles. The molecule has 0 saturated heterocycles. The van der Waals surface area contributed by atoms with Gasteiger partial charge in [-0.05, 0) is 12.8 Å². The monoisotopic (exact) mass is 387 g/mol. The van der Waals surface area contributed by atoms with Crippen LogP contribution in [0.5, 0.6) is 0 Å². The van der Waals surface area contributed by atoms with Crippen LogP contribution in [0.1, 0.15) is 25.7 Å². The average molecular weight is 388 g/mol. The number of aromatic nitrogens is 4. The minimum atomic E-state index is -0.166. The molecular weight excluding hydrogens is 365 g/mol. The highest BCUT2D eigenvalue weighted by atomic mass is 35.5. The summed E-state index contributed by atoms with van der Waals surface area (Å²) in [7, 11) is 0. The molecule has 0 amide bonds. The second kappa shape index (κ2) is 9.28. The second-order valence-electron chi connectivity index (χ2n) is 5.45. The van der Waals surface area contributed by atoms with Crippen molar-refractivity contribution in [1.82, 2.24) is 19.1 Å². The number of halogens is 2. The largest absolute Gasteiger partial charge is 0.370 e. The van der Waals surface area contributed by atoms with E-state index in [4.69, 9.17) is 16.9 Å². The Kier molecular flexibility index (Phi) is 7.72. The van der Waals surface area contributed by atoms with Crippen LogP contribution in [-0.4, -0.2) is 31.0 Å². The molecule has 0 radical (unpaired) electrons. The van der Waals surface area contributed by atoms with Crippen LogP contribution in [0.2, 0.25) is 0 Å². The van der Waals surface area contributed by atoms with Gasteiger partial charge in [0.2, 0.25) is 17.9 Å². The lowest BCUT2D eigenvalue weighted by Crippen LogP contribution is -2.33. The SMILES string of the molecule is Cl.Cl.N=C(N=C(N)N)N1c2nccn2CCCCCCn2ccnc21. The van der Waals surface area contributed by atoms with E-state index in [9.17, 15) is 0 Å². The lowest BCUT2D eigenvalue weighted by Gasteiger charge is -2.22. The first kappa shape index (κ1) is 20.8. The van der Waals surface area contributed by atoms with Gasteiger partial charge in [-0.2, -0.15) is 4.99 Å². The van der Waals surface area contributed by atoms with Crippen LogP contribution < -0.4 is 16.4 Å². The molecule has 0 aromatic carbocycles. The van der Waals surface area contributed by atoms with Crippen molar-refractivity contribution in [1.29, 1.82) is 5.41 Å². The maximum absolute atomic E-state index is 8.27. The Labute approximate surface area is 158 Å². The maximum atomic E-state index is 8.27. The molecule has 0 spiro atoms. The number of fused-ring (bicyclic) bond motifs is 2. The van der Waals surface area contributed by atoms with Gasteiger partial charge in [0.1, 0.15) is 0 Å². The highest BCUT2D eigenvalue weighted by molar-refractivity contribution is 6.04. The predicted molar refractivity (Wildman–Crippen MR) is 103 cm³/mol. The van der Waals surface area contributed by atoms with Gasteiger partial charge < -0.3 is 20.6 Å². The third-order valence-electron chi connectivity index (χ3n) is 3.78. The van der Waals surface area contributed by atoms with E-state index in [0.717, 1.165) is 38.8 Å². The number of aryl methyl sites for hydroxylation is 2. The zero-order valence-electron chi connectivity index (χ0n) is 13.7. The van der Waals surface area contributed by atoms with Crippen LogP contribution in [0, 0.1) is 5.41 Å². The first-order valence-corrected chi connectivity index (χ1v) is 7.67. The minimum absolute atomic E-state index is 0. The Hall–Kier alpha value is -2.26. The maximum Gasteiger partial charge on any atom is 0.235 e. The number of anilines is 2. The number of imidazole rings is 2. The first-order valence-electron chi connectivity index (χ1n) is 7.67. The topological polar surface area (TPSA) is 127 Å². The molecule has 0 saturated carbocycles. The molecule has 2 aromatic rings. The van der Waals surface area contributed by atoms with E-state index in [2.05, 4.69) is 15.0 Å². The molecular formula is C14H23Cl2N9. The molecule has 1 aliphatic heterocycles. The first-order chi connectivity index (χ1) is 11.2. The number of aliphatic imine (C=N–C) groups is 1. The number of rotatable bonds is 0. The molecule has 0 bridgehead atoms. The number of nitrogens with two attached hydrogens (primary N) is 2. The van der Waals surface area contributed by atoms with Crippen molar-refractivity contribution in [2.75, 3.05) is 4.90 Å². The van der Waals surface area contributed by atoms with Crippen LogP contribution in [0.25, 0.3) is 0 Å². The fourth-order valence-corrected chi connectivity index (χ4v) is 2.73. The van der Waals surface area contributed by atoms with Crippen molar-refractivity contribution in [2.24, 2.45) is 16.5 Å². The summed E-state index contributed by atoms with van der Waals surface area (Å²) in [6, 6.07) is 0. The normalized spacial score (nSPS) is 14.0. The number of nitrogens with one attached hydrogen (secondary N) is 1. The van der Waals surface area contributed by atoms with Crippen LogP contribution in [0.3, 0.4) is 0 Å². The molecule has 25 heavy (non-hydrogen) atoms. The number of hydrogen-bond acceptors (Lipinski definition) is 3. The van der Waals surface area contributed by atoms with Crippen LogP contribution in [-0.2, 0) is 13.1 Å². The lowest BCUT2D eigenvalue weighted by atomic mass is 10.2. The summed E-state index contributed by atoms with van der Waals surface area (Å²) in [4.78, 5) is 14.2. The molecule has 3 heterocycles. The quantitative estimate of drug-likeness (QED) is 0.469. The summed E-state index contributed by atoms with van der Waals surface area (Å²) in [6.45, 7) is 1.67. The van der Waals surface area contributed by atoms with Gasteiger partial charge in [0.15, 0.2) is 5.96 Å². The third-order valence-corrected chi connectivity index (χ3v) is 3.78. The Morgan fingerprint density at radius 1 is 0.920 bits per heavy atom. The molecule has 0 atom stereocenters. The summed E-state index contributed by atoms with van der Waals surface area (Å²) < 4.78 is 4.00. The van der Waals surface area contributed by atoms with E-state index in [1.54, 1.807) is 17.3 Å². The Morgan fingerprint density at radius 2 is 1.40 bits per heavy atom. The van der Waals surface area contributed by atoms with Gasteiger partial charge in [0.25, 0.3) is 0 Å². The van der Waals surface area contributed by atoms with E-state index in [1.165, 1.54) is 0 Å². The van der Waals surface area contributed by atoms with Crippen molar-refractivity contribution >= 4 is 48.6 Å². The summed E-state index contributed by atoms with van der Waals surface area (Å²) in [5.41, 5.74) is 10.9. The van der Waals surface area contributed by atoms with E-state index >= 15 is 0 Å². The van der Waals surface area contributed by atoms with Crippen LogP contribution in [0.15, 0.2) is 29.8 Å². The molecule has 1 aliphatic rings. The van der Waals surface area contributed by atoms with Gasteiger partial charge in [-0.15, -0.1) is 24.8 Å². The van der Waals surface area contributed by atoms with Crippen molar-refractivity contribution in [3.8, 4) is 0 Å². The molecule has 138 valence electrons. The number of guanidine groups is 2. The molecule has 11 heteroatoms. The molecule has 3 rings (SSSR count). The molecule has 9 nitrogen and oxygen atoms in total. The van der Waals surface area contributed by atoms with E-state index < -0.39 is 0 Å². The predicted octanol–water partition coefficient (Wildman–Crippen LogP) is 1.84. The minimum Gasteiger partial charge on any atom is -0.370 e. The lowest BCUT2D eigenvalue weighted by molar-refractivity contribution is 0.549. The number of nitrogens with zero attached hydrogens (tertiary/aromatic N) is 6. The van der Waals surface area contributed by atoms with Crippen molar-refractivity contribution in [3.05, 3.63) is 24.8 Å². The van der Waals surface area contributed by atoms with Gasteiger partial charge in [0.05, 0.1) is 0 Å².